The molecule has 1 N–H and O–H groups in total. The minimum Gasteiger partial charge on any atom is -0.485 e. The van der Waals surface area contributed by atoms with Crippen LogP contribution in [0.1, 0.15) is 32.9 Å². The number of benzene rings is 2. The summed E-state index contributed by atoms with van der Waals surface area (Å²) in [5.74, 6) is 1.84. The van der Waals surface area contributed by atoms with E-state index < -0.39 is 0 Å². The van der Waals surface area contributed by atoms with E-state index >= 15 is 0 Å². The highest BCUT2D eigenvalue weighted by Crippen LogP contribution is 2.19. The van der Waals surface area contributed by atoms with Gasteiger partial charge in [0.15, 0.2) is 11.6 Å². The fourth-order valence-electron chi connectivity index (χ4n) is 2.61. The number of nitrogens with one attached hydrogen (secondary N) is 1. The van der Waals surface area contributed by atoms with Gasteiger partial charge in [-0.2, -0.15) is 0 Å². The highest BCUT2D eigenvalue weighted by molar-refractivity contribution is 7.99. The average Bonchev–Trinajstić information content (AvgIpc) is 3.07. The molecule has 0 amide bonds. The number of Topliss-reactive ketones (excluding diaryl/α,β-unsaturated/α-hetero) is 1. The second-order valence-corrected chi connectivity index (χ2v) is 7.09. The highest BCUT2D eigenvalue weighted by atomic mass is 32.2. The van der Waals surface area contributed by atoms with Crippen LogP contribution in [0.4, 0.5) is 0 Å². The normalized spacial score (nSPS) is 10.7. The molecule has 0 unspecified atom stereocenters. The lowest BCUT2D eigenvalue weighted by Crippen LogP contribution is -2.05. The van der Waals surface area contributed by atoms with E-state index in [1.807, 2.05) is 63.2 Å². The van der Waals surface area contributed by atoms with Crippen molar-refractivity contribution in [2.75, 3.05) is 5.75 Å². The first-order chi connectivity index (χ1) is 12.5. The summed E-state index contributed by atoms with van der Waals surface area (Å²) in [4.78, 5) is 16.8. The van der Waals surface area contributed by atoms with Gasteiger partial charge in [-0.3, -0.25) is 9.89 Å². The number of ketones is 1. The maximum absolute atomic E-state index is 12.4. The van der Waals surface area contributed by atoms with Gasteiger partial charge in [-0.25, -0.2) is 4.98 Å². The molecule has 0 saturated heterocycles. The summed E-state index contributed by atoms with van der Waals surface area (Å²) in [6, 6.07) is 13.7. The van der Waals surface area contributed by atoms with E-state index in [2.05, 4.69) is 15.2 Å². The number of rotatable bonds is 7. The van der Waals surface area contributed by atoms with E-state index in [1.54, 1.807) is 0 Å². The molecule has 1 heterocycles. The second kappa shape index (κ2) is 8.19. The Morgan fingerprint density at radius 1 is 1.12 bits per heavy atom. The monoisotopic (exact) mass is 367 g/mol. The third kappa shape index (κ3) is 4.52. The molecular formula is C20H21N3O2S. The van der Waals surface area contributed by atoms with Gasteiger partial charge in [0.05, 0.1) is 5.75 Å². The third-order valence-electron chi connectivity index (χ3n) is 3.98. The van der Waals surface area contributed by atoms with E-state index in [-0.39, 0.29) is 5.78 Å². The summed E-state index contributed by atoms with van der Waals surface area (Å²) >= 11 is 1.32. The third-order valence-corrected chi connectivity index (χ3v) is 4.83. The molecule has 134 valence electrons. The molecule has 0 fully saturated rings. The van der Waals surface area contributed by atoms with Gasteiger partial charge in [0.2, 0.25) is 5.16 Å². The van der Waals surface area contributed by atoms with Crippen molar-refractivity contribution in [1.29, 1.82) is 0 Å². The number of para-hydroxylation sites is 1. The molecular weight excluding hydrogens is 346 g/mol. The van der Waals surface area contributed by atoms with Crippen molar-refractivity contribution in [2.24, 2.45) is 0 Å². The number of ether oxygens (including phenoxy) is 1. The maximum Gasteiger partial charge on any atom is 0.208 e. The Bertz CT molecular complexity index is 921. The number of hydrogen-bond donors (Lipinski definition) is 1. The van der Waals surface area contributed by atoms with Gasteiger partial charge in [-0.15, -0.1) is 5.10 Å². The SMILES string of the molecule is Cc1ccc(C(=O)CSc2n[nH]c(COc3ccccc3C)n2)c(C)c1. The molecule has 5 nitrogen and oxygen atoms in total. The molecule has 0 atom stereocenters. The fourth-order valence-corrected chi connectivity index (χ4v) is 3.31. The van der Waals surface area contributed by atoms with Gasteiger partial charge in [-0.05, 0) is 38.0 Å². The minimum atomic E-state index is 0.0787. The molecule has 0 radical (unpaired) electrons. The van der Waals surface area contributed by atoms with Crippen LogP contribution in [0.5, 0.6) is 5.75 Å². The zero-order chi connectivity index (χ0) is 18.5. The Morgan fingerprint density at radius 3 is 2.69 bits per heavy atom. The predicted molar refractivity (Wildman–Crippen MR) is 103 cm³/mol. The lowest BCUT2D eigenvalue weighted by molar-refractivity contribution is 0.102. The molecule has 26 heavy (non-hydrogen) atoms. The van der Waals surface area contributed by atoms with E-state index in [0.29, 0.717) is 23.3 Å². The molecule has 0 aliphatic carbocycles. The quantitative estimate of drug-likeness (QED) is 0.498. The summed E-state index contributed by atoms with van der Waals surface area (Å²) in [6.45, 7) is 6.28. The van der Waals surface area contributed by atoms with Gasteiger partial charge < -0.3 is 4.74 Å². The standard InChI is InChI=1S/C20H21N3O2S/c1-13-8-9-16(15(3)10-13)17(24)12-26-20-21-19(22-23-20)11-25-18-7-5-4-6-14(18)2/h4-10H,11-12H2,1-3H3,(H,21,22,23). The summed E-state index contributed by atoms with van der Waals surface area (Å²) < 4.78 is 5.75. The summed E-state index contributed by atoms with van der Waals surface area (Å²) in [7, 11) is 0. The van der Waals surface area contributed by atoms with E-state index in [0.717, 1.165) is 28.0 Å². The number of carbonyl (C=O) groups excluding carboxylic acids is 1. The number of H-pyrrole nitrogens is 1. The molecule has 0 spiro atoms. The molecule has 3 aromatic rings. The van der Waals surface area contributed by atoms with Crippen molar-refractivity contribution in [1.82, 2.24) is 15.2 Å². The van der Waals surface area contributed by atoms with Crippen LogP contribution >= 0.6 is 11.8 Å². The van der Waals surface area contributed by atoms with Gasteiger partial charge in [0.25, 0.3) is 0 Å². The van der Waals surface area contributed by atoms with Crippen LogP contribution in [0.2, 0.25) is 0 Å². The first kappa shape index (κ1) is 18.2. The van der Waals surface area contributed by atoms with E-state index in [1.165, 1.54) is 11.8 Å². The zero-order valence-electron chi connectivity index (χ0n) is 15.1. The molecule has 0 saturated carbocycles. The van der Waals surface area contributed by atoms with Crippen LogP contribution in [0.25, 0.3) is 0 Å². The summed E-state index contributed by atoms with van der Waals surface area (Å²) in [5.41, 5.74) is 3.97. The largest absolute Gasteiger partial charge is 0.485 e. The van der Waals surface area contributed by atoms with Crippen LogP contribution in [0.3, 0.4) is 0 Å². The number of hydrogen-bond acceptors (Lipinski definition) is 5. The number of aromatic amines is 1. The first-order valence-corrected chi connectivity index (χ1v) is 9.34. The topological polar surface area (TPSA) is 67.9 Å². The van der Waals surface area contributed by atoms with Gasteiger partial charge in [0.1, 0.15) is 12.4 Å². The lowest BCUT2D eigenvalue weighted by atomic mass is 10.0. The maximum atomic E-state index is 12.4. The van der Waals surface area contributed by atoms with Crippen LogP contribution in [0, 0.1) is 20.8 Å². The Labute approximate surface area is 157 Å². The number of thioether (sulfide) groups is 1. The van der Waals surface area contributed by atoms with Crippen LogP contribution in [0.15, 0.2) is 47.6 Å². The van der Waals surface area contributed by atoms with Crippen molar-refractivity contribution < 1.29 is 9.53 Å². The molecule has 0 bridgehead atoms. The molecule has 1 aromatic heterocycles. The minimum absolute atomic E-state index is 0.0787. The Balaban J connectivity index is 1.55. The Morgan fingerprint density at radius 2 is 1.92 bits per heavy atom. The molecule has 6 heteroatoms. The molecule has 0 aliphatic rings. The fraction of sp³-hybridized carbons (Fsp3) is 0.250. The van der Waals surface area contributed by atoms with E-state index in [9.17, 15) is 4.79 Å². The van der Waals surface area contributed by atoms with Gasteiger partial charge >= 0.3 is 0 Å². The molecule has 3 rings (SSSR count). The first-order valence-electron chi connectivity index (χ1n) is 8.36. The number of carbonyl (C=O) groups is 1. The van der Waals surface area contributed by atoms with Crippen molar-refractivity contribution in [3.63, 3.8) is 0 Å². The molecule has 2 aromatic carbocycles. The smallest absolute Gasteiger partial charge is 0.208 e. The number of aryl methyl sites for hydroxylation is 3. The number of nitrogens with zero attached hydrogens (tertiary/aromatic N) is 2. The van der Waals surface area contributed by atoms with Crippen LogP contribution in [-0.2, 0) is 6.61 Å². The van der Waals surface area contributed by atoms with E-state index in [4.69, 9.17) is 4.74 Å². The van der Waals surface area contributed by atoms with Crippen molar-refractivity contribution in [3.05, 3.63) is 70.5 Å². The molecule has 0 aliphatic heterocycles. The van der Waals surface area contributed by atoms with Crippen molar-refractivity contribution >= 4 is 17.5 Å². The summed E-state index contributed by atoms with van der Waals surface area (Å²) in [6.07, 6.45) is 0. The average molecular weight is 367 g/mol. The van der Waals surface area contributed by atoms with Crippen LogP contribution < -0.4 is 4.74 Å². The Hall–Kier alpha value is -2.60. The van der Waals surface area contributed by atoms with Gasteiger partial charge in [0, 0.05) is 5.56 Å². The zero-order valence-corrected chi connectivity index (χ0v) is 15.9. The van der Waals surface area contributed by atoms with Crippen molar-refractivity contribution in [3.8, 4) is 5.75 Å². The van der Waals surface area contributed by atoms with Crippen molar-refractivity contribution in [2.45, 2.75) is 32.5 Å². The second-order valence-electron chi connectivity index (χ2n) is 6.15. The predicted octanol–water partition coefficient (Wildman–Crippen LogP) is 4.28. The van der Waals surface area contributed by atoms with Crippen LogP contribution in [-0.4, -0.2) is 26.7 Å². The summed E-state index contributed by atoms with van der Waals surface area (Å²) in [5, 5.41) is 7.55. The lowest BCUT2D eigenvalue weighted by Gasteiger charge is -2.06. The van der Waals surface area contributed by atoms with Gasteiger partial charge in [-0.1, -0.05) is 53.7 Å². The Kier molecular flexibility index (Phi) is 5.73. The highest BCUT2D eigenvalue weighted by Gasteiger charge is 2.12. The number of aromatic nitrogens is 3.